The lowest BCUT2D eigenvalue weighted by Crippen LogP contribution is -2.46. The van der Waals surface area contributed by atoms with Crippen molar-refractivity contribution in [2.45, 2.75) is 52.7 Å². The Morgan fingerprint density at radius 3 is 2.77 bits per heavy atom. The van der Waals surface area contributed by atoms with Crippen molar-refractivity contribution in [3.63, 3.8) is 0 Å². The molecule has 1 aromatic heterocycles. The van der Waals surface area contributed by atoms with Gasteiger partial charge in [0.05, 0.1) is 31.6 Å². The summed E-state index contributed by atoms with van der Waals surface area (Å²) in [7, 11) is 1.99. The number of allylic oxidation sites excluding steroid dienone is 3. The Morgan fingerprint density at radius 1 is 1.18 bits per heavy atom. The first kappa shape index (κ1) is 30.2. The maximum Gasteiger partial charge on any atom is 0.161 e. The van der Waals surface area contributed by atoms with E-state index in [4.69, 9.17) is 19.4 Å². The van der Waals surface area contributed by atoms with Gasteiger partial charge in [0.1, 0.15) is 5.82 Å². The Hall–Kier alpha value is -2.78. The van der Waals surface area contributed by atoms with E-state index >= 15 is 0 Å². The van der Waals surface area contributed by atoms with Crippen LogP contribution in [0.2, 0.25) is 0 Å². The zero-order chi connectivity index (χ0) is 28.2. The smallest absolute Gasteiger partial charge is 0.161 e. The zero-order valence-corrected chi connectivity index (χ0v) is 24.9. The van der Waals surface area contributed by atoms with Crippen molar-refractivity contribution in [1.82, 2.24) is 20.2 Å². The van der Waals surface area contributed by atoms with Gasteiger partial charge >= 0.3 is 0 Å². The van der Waals surface area contributed by atoms with E-state index in [-0.39, 0.29) is 6.10 Å². The van der Waals surface area contributed by atoms with E-state index in [1.54, 1.807) is 0 Å². The Balaban J connectivity index is 1.45. The first-order valence-corrected chi connectivity index (χ1v) is 15.0. The number of hydrogen-bond acceptors (Lipinski definition) is 8. The van der Waals surface area contributed by atoms with Gasteiger partial charge in [-0.05, 0) is 58.0 Å². The Morgan fingerprint density at radius 2 is 2.02 bits per heavy atom. The van der Waals surface area contributed by atoms with Crippen LogP contribution in [0.3, 0.4) is 0 Å². The van der Waals surface area contributed by atoms with Crippen LogP contribution in [0.15, 0.2) is 48.1 Å². The molecule has 1 aromatic carbocycles. The average molecular weight is 549 g/mol. The SMILES string of the molecule is C/C=C\C/C(=C\CC)CN1CCOC(CNc2nc(-c3ccc(N(CC)CCNC)cc3)nc3c2COCC3)C1. The summed E-state index contributed by atoms with van der Waals surface area (Å²) in [5, 5.41) is 6.86. The van der Waals surface area contributed by atoms with Crippen molar-refractivity contribution in [1.29, 1.82) is 0 Å². The number of nitrogens with one attached hydrogen (secondary N) is 2. The van der Waals surface area contributed by atoms with E-state index in [0.29, 0.717) is 19.8 Å². The molecule has 1 unspecified atom stereocenters. The molecule has 0 spiro atoms. The van der Waals surface area contributed by atoms with E-state index in [0.717, 1.165) is 93.6 Å². The van der Waals surface area contributed by atoms with Gasteiger partial charge in [0, 0.05) is 69.0 Å². The minimum absolute atomic E-state index is 0.105. The fraction of sp³-hybridized carbons (Fsp3) is 0.562. The molecule has 0 saturated carbocycles. The predicted octanol–water partition coefficient (Wildman–Crippen LogP) is 4.68. The third-order valence-corrected chi connectivity index (χ3v) is 7.58. The van der Waals surface area contributed by atoms with Gasteiger partial charge in [0.2, 0.25) is 0 Å². The highest BCUT2D eigenvalue weighted by atomic mass is 16.5. The fourth-order valence-corrected chi connectivity index (χ4v) is 5.36. The molecular formula is C32H48N6O2. The highest BCUT2D eigenvalue weighted by Gasteiger charge is 2.23. The summed E-state index contributed by atoms with van der Waals surface area (Å²) in [5.74, 6) is 1.63. The molecule has 8 nitrogen and oxygen atoms in total. The number of nitrogens with zero attached hydrogens (tertiary/aromatic N) is 4. The molecule has 40 heavy (non-hydrogen) atoms. The third-order valence-electron chi connectivity index (χ3n) is 7.58. The van der Waals surface area contributed by atoms with Gasteiger partial charge in [-0.2, -0.15) is 0 Å². The minimum Gasteiger partial charge on any atom is -0.376 e. The number of ether oxygens (including phenoxy) is 2. The second kappa shape index (κ2) is 15.9. The summed E-state index contributed by atoms with van der Waals surface area (Å²) in [6, 6.07) is 8.63. The van der Waals surface area contributed by atoms with Crippen molar-refractivity contribution < 1.29 is 9.47 Å². The van der Waals surface area contributed by atoms with Gasteiger partial charge < -0.3 is 25.0 Å². The molecule has 2 aliphatic rings. The Kier molecular flexibility index (Phi) is 12.0. The molecule has 3 heterocycles. The van der Waals surface area contributed by atoms with Gasteiger partial charge in [-0.25, -0.2) is 9.97 Å². The first-order chi connectivity index (χ1) is 19.6. The maximum absolute atomic E-state index is 6.16. The molecular weight excluding hydrogens is 500 g/mol. The number of benzene rings is 1. The van der Waals surface area contributed by atoms with Gasteiger partial charge in [0.25, 0.3) is 0 Å². The van der Waals surface area contributed by atoms with Crippen molar-refractivity contribution >= 4 is 11.5 Å². The highest BCUT2D eigenvalue weighted by molar-refractivity contribution is 5.63. The molecule has 1 saturated heterocycles. The second-order valence-electron chi connectivity index (χ2n) is 10.5. The lowest BCUT2D eigenvalue weighted by atomic mass is 10.1. The molecule has 8 heteroatoms. The highest BCUT2D eigenvalue weighted by Crippen LogP contribution is 2.28. The van der Waals surface area contributed by atoms with Gasteiger partial charge in [-0.1, -0.05) is 30.7 Å². The molecule has 2 aliphatic heterocycles. The molecule has 4 rings (SSSR count). The lowest BCUT2D eigenvalue weighted by molar-refractivity contribution is -0.0180. The predicted molar refractivity (Wildman–Crippen MR) is 165 cm³/mol. The molecule has 0 radical (unpaired) electrons. The second-order valence-corrected chi connectivity index (χ2v) is 10.5. The number of rotatable bonds is 14. The molecule has 0 aliphatic carbocycles. The maximum atomic E-state index is 6.16. The van der Waals surface area contributed by atoms with Crippen LogP contribution in [0.4, 0.5) is 11.5 Å². The molecule has 1 atom stereocenters. The molecule has 1 fully saturated rings. The van der Waals surface area contributed by atoms with E-state index in [9.17, 15) is 0 Å². The largest absolute Gasteiger partial charge is 0.376 e. The average Bonchev–Trinajstić information content (AvgIpc) is 2.99. The Labute approximate surface area is 240 Å². The quantitative estimate of drug-likeness (QED) is 0.330. The van der Waals surface area contributed by atoms with E-state index in [1.165, 1.54) is 11.3 Å². The lowest BCUT2D eigenvalue weighted by Gasteiger charge is -2.34. The van der Waals surface area contributed by atoms with E-state index in [2.05, 4.69) is 83.7 Å². The van der Waals surface area contributed by atoms with Crippen molar-refractivity contribution in [3.8, 4) is 11.4 Å². The van der Waals surface area contributed by atoms with Crippen LogP contribution in [0.1, 0.15) is 44.9 Å². The topological polar surface area (TPSA) is 74.8 Å². The number of likely N-dealkylation sites (N-methyl/N-ethyl adjacent to an activating group) is 2. The van der Waals surface area contributed by atoms with Crippen LogP contribution < -0.4 is 15.5 Å². The number of aromatic nitrogens is 2. The summed E-state index contributed by atoms with van der Waals surface area (Å²) in [6.45, 7) is 15.0. The molecule has 218 valence electrons. The normalized spacial score (nSPS) is 18.2. The summed E-state index contributed by atoms with van der Waals surface area (Å²) < 4.78 is 12.0. The third kappa shape index (κ3) is 8.36. The standard InChI is InChI=1S/C32H48N6O2/c1-5-8-10-25(9-6-2)22-37-18-20-40-28(23-37)21-34-32-29-24-39-19-15-30(29)35-31(36-32)26-11-13-27(14-12-26)38(7-3)17-16-33-4/h5,8-9,11-14,28,33H,6-7,10,15-24H2,1-4H3,(H,34,35,36)/b8-5-,25-9+. The summed E-state index contributed by atoms with van der Waals surface area (Å²) >= 11 is 0. The number of hydrogen-bond donors (Lipinski definition) is 2. The Bertz CT molecular complexity index is 1120. The molecule has 0 bridgehead atoms. The van der Waals surface area contributed by atoms with Crippen LogP contribution in [0.25, 0.3) is 11.4 Å². The number of fused-ring (bicyclic) bond motifs is 1. The molecule has 2 aromatic rings. The molecule has 0 amide bonds. The van der Waals surface area contributed by atoms with Crippen LogP contribution in [-0.4, -0.2) is 87.0 Å². The van der Waals surface area contributed by atoms with Gasteiger partial charge in [0.15, 0.2) is 5.82 Å². The monoisotopic (exact) mass is 548 g/mol. The number of morpholine rings is 1. The zero-order valence-electron chi connectivity index (χ0n) is 24.9. The summed E-state index contributed by atoms with van der Waals surface area (Å²) in [4.78, 5) is 14.8. The number of anilines is 2. The van der Waals surface area contributed by atoms with Crippen molar-refractivity contribution in [2.24, 2.45) is 0 Å². The van der Waals surface area contributed by atoms with E-state index in [1.807, 2.05) is 7.05 Å². The molecule has 2 N–H and O–H groups in total. The minimum atomic E-state index is 0.105. The fourth-order valence-electron chi connectivity index (χ4n) is 5.36. The van der Waals surface area contributed by atoms with Crippen LogP contribution in [-0.2, 0) is 22.5 Å². The summed E-state index contributed by atoms with van der Waals surface area (Å²) in [5.41, 5.74) is 5.88. The van der Waals surface area contributed by atoms with E-state index < -0.39 is 0 Å². The van der Waals surface area contributed by atoms with Gasteiger partial charge in [-0.3, -0.25) is 4.90 Å². The van der Waals surface area contributed by atoms with Crippen LogP contribution in [0.5, 0.6) is 0 Å². The first-order valence-electron chi connectivity index (χ1n) is 15.0. The summed E-state index contributed by atoms with van der Waals surface area (Å²) in [6.07, 6.45) is 9.75. The van der Waals surface area contributed by atoms with Crippen LogP contribution in [0, 0.1) is 0 Å². The van der Waals surface area contributed by atoms with Crippen LogP contribution >= 0.6 is 0 Å². The van der Waals surface area contributed by atoms with Gasteiger partial charge in [-0.15, -0.1) is 0 Å². The van der Waals surface area contributed by atoms with Crippen molar-refractivity contribution in [3.05, 3.63) is 59.3 Å². The van der Waals surface area contributed by atoms with Crippen molar-refractivity contribution in [2.75, 3.05) is 76.3 Å².